The van der Waals surface area contributed by atoms with Gasteiger partial charge in [0.2, 0.25) is 5.91 Å². The van der Waals surface area contributed by atoms with Gasteiger partial charge in [-0.05, 0) is 99.8 Å². The third-order valence-electron chi connectivity index (χ3n) is 9.35. The zero-order valence-corrected chi connectivity index (χ0v) is 24.8. The molecule has 4 atom stereocenters. The molecule has 0 unspecified atom stereocenters. The van der Waals surface area contributed by atoms with Gasteiger partial charge in [-0.2, -0.15) is 0 Å². The van der Waals surface area contributed by atoms with Gasteiger partial charge in [-0.15, -0.1) is 0 Å². The van der Waals surface area contributed by atoms with Crippen LogP contribution in [-0.4, -0.2) is 87.5 Å². The summed E-state index contributed by atoms with van der Waals surface area (Å²) in [5.74, 6) is -1.41. The number of carbonyl (C=O) groups excluding carboxylic acids is 1. The maximum Gasteiger partial charge on any atom is 0.320 e. The summed E-state index contributed by atoms with van der Waals surface area (Å²) >= 11 is 0. The molecule has 0 radical (unpaired) electrons. The Morgan fingerprint density at radius 1 is 1.09 bits per heavy atom. The van der Waals surface area contributed by atoms with Gasteiger partial charge in [-0.1, -0.05) is 18.2 Å². The number of nitrogens with zero attached hydrogens (tertiary/aromatic N) is 2. The lowest BCUT2D eigenvalue weighted by Crippen LogP contribution is -2.58. The van der Waals surface area contributed by atoms with Crippen LogP contribution < -0.4 is 5.73 Å². The number of fused-ring (bicyclic) bond motifs is 1. The molecule has 43 heavy (non-hydrogen) atoms. The van der Waals surface area contributed by atoms with Gasteiger partial charge in [0.1, 0.15) is 11.6 Å². The quantitative estimate of drug-likeness (QED) is 0.298. The van der Waals surface area contributed by atoms with Crippen molar-refractivity contribution in [1.29, 1.82) is 0 Å². The Morgan fingerprint density at radius 3 is 2.58 bits per heavy atom. The number of likely N-dealkylation sites (tertiary alicyclic amines) is 1. The summed E-state index contributed by atoms with van der Waals surface area (Å²) in [6, 6.07) is 11.7. The molecule has 10 nitrogen and oxygen atoms in total. The fourth-order valence-corrected chi connectivity index (χ4v) is 6.95. The van der Waals surface area contributed by atoms with Gasteiger partial charge in [0, 0.05) is 31.1 Å². The Labute approximate surface area is 252 Å². The molecule has 1 amide bonds. The lowest BCUT2D eigenvalue weighted by atomic mass is 9.76. The van der Waals surface area contributed by atoms with E-state index in [1.807, 2.05) is 36.2 Å². The number of rotatable bonds is 7. The fraction of sp³-hybridized carbons (Fsp3) is 0.515. The van der Waals surface area contributed by atoms with Crippen LogP contribution in [0.25, 0.3) is 11.0 Å². The van der Waals surface area contributed by atoms with Crippen molar-refractivity contribution < 1.29 is 34.1 Å². The molecule has 232 valence electrons. The second-order valence-electron chi connectivity index (χ2n) is 12.2. The van der Waals surface area contributed by atoms with E-state index in [1.165, 1.54) is 43.9 Å². The van der Waals surface area contributed by atoms with Crippen LogP contribution in [0, 0.1) is 0 Å². The number of amides is 1. The van der Waals surface area contributed by atoms with Gasteiger partial charge in [0.05, 0.1) is 18.3 Å². The van der Waals surface area contributed by atoms with Gasteiger partial charge in [-0.3, -0.25) is 14.5 Å². The monoisotopic (exact) mass is 593 g/mol. The fourth-order valence-electron chi connectivity index (χ4n) is 6.95. The standard InChI is InChI=1S/C24H32N2O3.C9H11NO4/c1-25(23(27)16-18-6-4-7-22-19(18)9-15-28-22)20-8-11-24(10-5-14-29-24)17-21(20)26-12-2-3-13-26;10-6(9(13)14)3-5-1-2-7(11)8(12)4-5/h4,6-7,9,15,20-21H,2-3,5,8,10-14,16-17H2,1H3;1-2,4,6,11-12H,3,10H2,(H,13,14)/t20-,21-,24-;6-/m10/s1. The van der Waals surface area contributed by atoms with Gasteiger partial charge in [0.25, 0.3) is 0 Å². The molecule has 5 N–H and O–H groups in total. The van der Waals surface area contributed by atoms with E-state index >= 15 is 0 Å². The summed E-state index contributed by atoms with van der Waals surface area (Å²) < 4.78 is 11.8. The maximum absolute atomic E-state index is 13.3. The molecule has 0 bridgehead atoms. The summed E-state index contributed by atoms with van der Waals surface area (Å²) in [5, 5.41) is 27.7. The third kappa shape index (κ3) is 7.14. The summed E-state index contributed by atoms with van der Waals surface area (Å²) in [7, 11) is 2.01. The first-order valence-electron chi connectivity index (χ1n) is 15.2. The lowest BCUT2D eigenvalue weighted by Gasteiger charge is -2.48. The average molecular weight is 594 g/mol. The highest BCUT2D eigenvalue weighted by molar-refractivity contribution is 5.87. The third-order valence-corrected chi connectivity index (χ3v) is 9.35. The Bertz CT molecular complexity index is 1410. The zero-order valence-electron chi connectivity index (χ0n) is 24.8. The second kappa shape index (κ2) is 13.4. The minimum Gasteiger partial charge on any atom is -0.504 e. The number of carboxylic acid groups (broad SMARTS) is 1. The molecule has 3 heterocycles. The number of likely N-dealkylation sites (N-methyl/N-ethyl adjacent to an activating group) is 1. The molecule has 1 aliphatic carbocycles. The van der Waals surface area contributed by atoms with Crippen LogP contribution in [0.3, 0.4) is 0 Å². The highest BCUT2D eigenvalue weighted by Gasteiger charge is 2.47. The van der Waals surface area contributed by atoms with Crippen LogP contribution in [0.2, 0.25) is 0 Å². The molecule has 6 rings (SSSR count). The average Bonchev–Trinajstić information content (AvgIpc) is 3.78. The Balaban J connectivity index is 0.000000222. The number of aliphatic carboxylic acids is 1. The molecule has 3 aromatic rings. The van der Waals surface area contributed by atoms with Crippen LogP contribution >= 0.6 is 0 Å². The Hall–Kier alpha value is -3.60. The molecule has 2 aromatic carbocycles. The topological polar surface area (TPSA) is 150 Å². The molecule has 3 aliphatic rings. The van der Waals surface area contributed by atoms with Crippen LogP contribution in [0.1, 0.15) is 56.1 Å². The number of phenols is 2. The normalized spacial score (nSPS) is 24.5. The van der Waals surface area contributed by atoms with Crippen molar-refractivity contribution in [1.82, 2.24) is 9.80 Å². The van der Waals surface area contributed by atoms with Crippen LogP contribution in [-0.2, 0) is 27.2 Å². The molecule has 1 spiro atoms. The number of hydrogen-bond acceptors (Lipinski definition) is 8. The van der Waals surface area contributed by atoms with E-state index < -0.39 is 12.0 Å². The van der Waals surface area contributed by atoms with Crippen LogP contribution in [0.4, 0.5) is 0 Å². The van der Waals surface area contributed by atoms with E-state index in [0.29, 0.717) is 18.0 Å². The van der Waals surface area contributed by atoms with Gasteiger partial charge >= 0.3 is 5.97 Å². The van der Waals surface area contributed by atoms with E-state index in [1.54, 1.807) is 6.26 Å². The number of aromatic hydroxyl groups is 2. The second-order valence-corrected chi connectivity index (χ2v) is 12.2. The predicted molar refractivity (Wildman–Crippen MR) is 162 cm³/mol. The first-order valence-corrected chi connectivity index (χ1v) is 15.2. The summed E-state index contributed by atoms with van der Waals surface area (Å²) in [4.78, 5) is 28.4. The zero-order chi connectivity index (χ0) is 30.6. The van der Waals surface area contributed by atoms with Crippen molar-refractivity contribution >= 4 is 22.8 Å². The molecular weight excluding hydrogens is 550 g/mol. The van der Waals surface area contributed by atoms with Crippen LogP contribution in [0.5, 0.6) is 11.5 Å². The first kappa shape index (κ1) is 30.8. The predicted octanol–water partition coefficient (Wildman–Crippen LogP) is 4.05. The molecular formula is C33H43N3O7. The molecule has 2 aliphatic heterocycles. The van der Waals surface area contributed by atoms with Crippen molar-refractivity contribution in [3.63, 3.8) is 0 Å². The number of furan rings is 1. The molecule has 10 heteroatoms. The molecule has 1 aromatic heterocycles. The Morgan fingerprint density at radius 2 is 1.88 bits per heavy atom. The van der Waals surface area contributed by atoms with Crippen molar-refractivity contribution in [2.24, 2.45) is 5.73 Å². The Kier molecular flexibility index (Phi) is 9.59. The number of nitrogens with two attached hydrogens (primary N) is 1. The highest BCUT2D eigenvalue weighted by atomic mass is 16.5. The summed E-state index contributed by atoms with van der Waals surface area (Å²) in [6.45, 7) is 3.22. The van der Waals surface area contributed by atoms with E-state index in [9.17, 15) is 9.59 Å². The van der Waals surface area contributed by atoms with Gasteiger partial charge in [0.15, 0.2) is 11.5 Å². The molecule has 2 saturated heterocycles. The highest BCUT2D eigenvalue weighted by Crippen LogP contribution is 2.43. The minimum atomic E-state index is -1.10. The van der Waals surface area contributed by atoms with E-state index in [4.69, 9.17) is 30.2 Å². The van der Waals surface area contributed by atoms with Crippen LogP contribution in [0.15, 0.2) is 53.1 Å². The first-order chi connectivity index (χ1) is 20.7. The summed E-state index contributed by atoms with van der Waals surface area (Å²) in [5.41, 5.74) is 7.83. The minimum absolute atomic E-state index is 0.0655. The van der Waals surface area contributed by atoms with Crippen molar-refractivity contribution in [3.8, 4) is 11.5 Å². The largest absolute Gasteiger partial charge is 0.504 e. The van der Waals surface area contributed by atoms with Gasteiger partial charge in [-0.25, -0.2) is 0 Å². The molecule has 1 saturated carbocycles. The van der Waals surface area contributed by atoms with E-state index in [-0.39, 0.29) is 35.5 Å². The maximum atomic E-state index is 13.3. The number of hydrogen-bond donors (Lipinski definition) is 4. The molecule has 3 fully saturated rings. The number of carboxylic acids is 1. The van der Waals surface area contributed by atoms with E-state index in [2.05, 4.69) is 4.90 Å². The number of carbonyl (C=O) groups is 2. The van der Waals surface area contributed by atoms with Crippen molar-refractivity contribution in [2.45, 2.75) is 81.5 Å². The number of benzene rings is 2. The number of phenolic OH excluding ortho intramolecular Hbond substituents is 2. The van der Waals surface area contributed by atoms with Crippen molar-refractivity contribution in [2.75, 3.05) is 26.7 Å². The lowest BCUT2D eigenvalue weighted by molar-refractivity contribution is -0.138. The van der Waals surface area contributed by atoms with Gasteiger partial charge < -0.3 is 35.1 Å². The smallest absolute Gasteiger partial charge is 0.320 e. The SMILES string of the molecule is CN(C(=O)Cc1cccc2occc12)[C@@H]1CC[C@]2(CCCO2)C[C@H]1N1CCCC1.N[C@@H](Cc1ccc(O)c(O)c1)C(=O)O. The van der Waals surface area contributed by atoms with Crippen molar-refractivity contribution in [3.05, 3.63) is 59.9 Å². The number of ether oxygens (including phenoxy) is 1. The van der Waals surface area contributed by atoms with E-state index in [0.717, 1.165) is 55.5 Å². The summed E-state index contributed by atoms with van der Waals surface area (Å²) in [6.07, 6.45) is 10.4.